The van der Waals surface area contributed by atoms with E-state index < -0.39 is 0 Å². The molecule has 1 aliphatic carbocycles. The van der Waals surface area contributed by atoms with E-state index >= 15 is 0 Å². The van der Waals surface area contributed by atoms with Crippen LogP contribution in [0, 0.1) is 5.41 Å². The molecule has 0 radical (unpaired) electrons. The molecule has 2 aliphatic rings. The summed E-state index contributed by atoms with van der Waals surface area (Å²) in [6.45, 7) is 9.36. The molecule has 1 saturated heterocycles. The summed E-state index contributed by atoms with van der Waals surface area (Å²) < 4.78 is 0. The first-order valence-electron chi connectivity index (χ1n) is 4.95. The molecule has 1 spiro atoms. The molecule has 2 rings (SSSR count). The van der Waals surface area contributed by atoms with Crippen molar-refractivity contribution in [3.8, 4) is 0 Å². The molecule has 1 heterocycles. The van der Waals surface area contributed by atoms with Gasteiger partial charge in [-0.3, -0.25) is 4.90 Å². The Labute approximate surface area is 75.1 Å². The summed E-state index contributed by atoms with van der Waals surface area (Å²) in [5.41, 5.74) is 6.82. The van der Waals surface area contributed by atoms with Gasteiger partial charge < -0.3 is 5.73 Å². The Morgan fingerprint density at radius 2 is 2.00 bits per heavy atom. The van der Waals surface area contributed by atoms with Crippen LogP contribution < -0.4 is 5.73 Å². The Bertz CT molecular complexity index is 195. The van der Waals surface area contributed by atoms with E-state index in [0.717, 1.165) is 0 Å². The van der Waals surface area contributed by atoms with Crippen LogP contribution in [0.3, 0.4) is 0 Å². The number of hydrogen-bond acceptors (Lipinski definition) is 2. The quantitative estimate of drug-likeness (QED) is 0.589. The summed E-state index contributed by atoms with van der Waals surface area (Å²) in [6.07, 6.45) is 2.59. The van der Waals surface area contributed by atoms with Gasteiger partial charge in [0.05, 0.1) is 0 Å². The summed E-state index contributed by atoms with van der Waals surface area (Å²) in [5, 5.41) is 0. The molecule has 2 heteroatoms. The molecular weight excluding hydrogens is 148 g/mol. The molecule has 2 nitrogen and oxygen atoms in total. The predicted octanol–water partition coefficient (Wildman–Crippen LogP) is 1.21. The van der Waals surface area contributed by atoms with Gasteiger partial charge in [0.25, 0.3) is 0 Å². The largest absolute Gasteiger partial charge is 0.327 e. The lowest BCUT2D eigenvalue weighted by atomic mass is 10.0. The second-order valence-electron chi connectivity index (χ2n) is 5.52. The fraction of sp³-hybridized carbons (Fsp3) is 1.00. The number of hydrogen-bond donors (Lipinski definition) is 1. The van der Waals surface area contributed by atoms with Gasteiger partial charge in [0, 0.05) is 23.5 Å². The van der Waals surface area contributed by atoms with Crippen LogP contribution in [0.1, 0.15) is 33.6 Å². The van der Waals surface area contributed by atoms with Crippen LogP contribution in [0.15, 0.2) is 0 Å². The number of nitrogens with zero attached hydrogens (tertiary/aromatic N) is 1. The molecule has 70 valence electrons. The highest BCUT2D eigenvalue weighted by atomic mass is 15.2. The first kappa shape index (κ1) is 8.52. The lowest BCUT2D eigenvalue weighted by molar-refractivity contribution is 0.165. The topological polar surface area (TPSA) is 29.3 Å². The zero-order valence-corrected chi connectivity index (χ0v) is 8.43. The average molecular weight is 168 g/mol. The number of rotatable bonds is 0. The lowest BCUT2D eigenvalue weighted by Crippen LogP contribution is -2.40. The minimum absolute atomic E-state index is 0.339. The summed E-state index contributed by atoms with van der Waals surface area (Å²) >= 11 is 0. The second kappa shape index (κ2) is 2.24. The molecule has 0 bridgehead atoms. The molecule has 0 amide bonds. The van der Waals surface area contributed by atoms with E-state index in [4.69, 9.17) is 5.73 Å². The van der Waals surface area contributed by atoms with E-state index in [1.54, 1.807) is 0 Å². The van der Waals surface area contributed by atoms with Crippen molar-refractivity contribution in [3.63, 3.8) is 0 Å². The maximum Gasteiger partial charge on any atom is 0.0125 e. The van der Waals surface area contributed by atoms with Crippen molar-refractivity contribution in [1.29, 1.82) is 0 Å². The van der Waals surface area contributed by atoms with Crippen LogP contribution in [-0.2, 0) is 0 Å². The van der Waals surface area contributed by atoms with Gasteiger partial charge in [0.1, 0.15) is 0 Å². The Kier molecular flexibility index (Phi) is 1.59. The highest BCUT2D eigenvalue weighted by Crippen LogP contribution is 2.52. The lowest BCUT2D eigenvalue weighted by Gasteiger charge is -2.31. The normalized spacial score (nSPS) is 42.5. The van der Waals surface area contributed by atoms with Gasteiger partial charge in [-0.15, -0.1) is 0 Å². The molecule has 2 N–H and O–H groups in total. The fourth-order valence-electron chi connectivity index (χ4n) is 2.32. The Balaban J connectivity index is 2.00. The molecule has 1 aliphatic heterocycles. The standard InChI is InChI=1S/C10H20N2/c1-9(2,3)12-5-4-10(7-12)6-8(10)11/h8H,4-7,11H2,1-3H3/t8-,10-/m0/s1. The average Bonchev–Trinajstić information content (AvgIpc) is 2.43. The highest BCUT2D eigenvalue weighted by Gasteiger charge is 2.56. The van der Waals surface area contributed by atoms with Crippen LogP contribution in [0.4, 0.5) is 0 Å². The molecule has 2 fully saturated rings. The molecule has 0 aromatic heterocycles. The predicted molar refractivity (Wildman–Crippen MR) is 51.0 cm³/mol. The molecule has 0 aromatic rings. The van der Waals surface area contributed by atoms with Crippen LogP contribution in [0.5, 0.6) is 0 Å². The minimum Gasteiger partial charge on any atom is -0.327 e. The zero-order valence-electron chi connectivity index (χ0n) is 8.43. The zero-order chi connectivity index (χ0) is 8.98. The van der Waals surface area contributed by atoms with Crippen molar-refractivity contribution < 1.29 is 0 Å². The van der Waals surface area contributed by atoms with Crippen molar-refractivity contribution in [2.45, 2.75) is 45.2 Å². The molecule has 0 aromatic carbocycles. The van der Waals surface area contributed by atoms with E-state index in [9.17, 15) is 0 Å². The van der Waals surface area contributed by atoms with Gasteiger partial charge in [-0.1, -0.05) is 0 Å². The van der Waals surface area contributed by atoms with Gasteiger partial charge in [-0.2, -0.15) is 0 Å². The smallest absolute Gasteiger partial charge is 0.0125 e. The number of likely N-dealkylation sites (tertiary alicyclic amines) is 1. The van der Waals surface area contributed by atoms with Crippen molar-refractivity contribution in [2.24, 2.45) is 11.1 Å². The minimum atomic E-state index is 0.339. The first-order chi connectivity index (χ1) is 5.44. The maximum absolute atomic E-state index is 5.94. The van der Waals surface area contributed by atoms with Crippen LogP contribution >= 0.6 is 0 Å². The molecule has 12 heavy (non-hydrogen) atoms. The highest BCUT2D eigenvalue weighted by molar-refractivity contribution is 5.12. The van der Waals surface area contributed by atoms with Gasteiger partial charge >= 0.3 is 0 Å². The van der Waals surface area contributed by atoms with Gasteiger partial charge in [0.15, 0.2) is 0 Å². The van der Waals surface area contributed by atoms with Crippen molar-refractivity contribution in [2.75, 3.05) is 13.1 Å². The van der Waals surface area contributed by atoms with Gasteiger partial charge in [-0.05, 0) is 40.2 Å². The number of nitrogens with two attached hydrogens (primary N) is 1. The summed E-state index contributed by atoms with van der Waals surface area (Å²) in [4.78, 5) is 2.57. The first-order valence-corrected chi connectivity index (χ1v) is 4.95. The van der Waals surface area contributed by atoms with Crippen LogP contribution in [0.25, 0.3) is 0 Å². The monoisotopic (exact) mass is 168 g/mol. The van der Waals surface area contributed by atoms with Gasteiger partial charge in [-0.25, -0.2) is 0 Å². The van der Waals surface area contributed by atoms with E-state index in [1.807, 2.05) is 0 Å². The molecule has 1 saturated carbocycles. The molecular formula is C10H20N2. The fourth-order valence-corrected chi connectivity index (χ4v) is 2.32. The summed E-state index contributed by atoms with van der Waals surface area (Å²) in [5.74, 6) is 0. The third-order valence-corrected chi connectivity index (χ3v) is 3.59. The Morgan fingerprint density at radius 3 is 2.25 bits per heavy atom. The van der Waals surface area contributed by atoms with E-state index in [2.05, 4.69) is 25.7 Å². The molecule has 2 atom stereocenters. The van der Waals surface area contributed by atoms with Crippen molar-refractivity contribution >= 4 is 0 Å². The van der Waals surface area contributed by atoms with Gasteiger partial charge in [0.2, 0.25) is 0 Å². The Hall–Kier alpha value is -0.0800. The SMILES string of the molecule is CC(C)(C)N1CC[C@]2(C[C@@H]2N)C1. The second-order valence-corrected chi connectivity index (χ2v) is 5.52. The van der Waals surface area contributed by atoms with E-state index in [-0.39, 0.29) is 0 Å². The Morgan fingerprint density at radius 1 is 1.42 bits per heavy atom. The van der Waals surface area contributed by atoms with Crippen LogP contribution in [-0.4, -0.2) is 29.6 Å². The third kappa shape index (κ3) is 1.17. The van der Waals surface area contributed by atoms with E-state index in [1.165, 1.54) is 25.9 Å². The van der Waals surface area contributed by atoms with Crippen molar-refractivity contribution in [1.82, 2.24) is 4.90 Å². The summed E-state index contributed by atoms with van der Waals surface area (Å²) in [7, 11) is 0. The van der Waals surface area contributed by atoms with Crippen LogP contribution in [0.2, 0.25) is 0 Å². The third-order valence-electron chi connectivity index (χ3n) is 3.59. The molecule has 0 unspecified atom stereocenters. The van der Waals surface area contributed by atoms with E-state index in [0.29, 0.717) is 17.0 Å². The maximum atomic E-state index is 5.94. The van der Waals surface area contributed by atoms with Crippen molar-refractivity contribution in [3.05, 3.63) is 0 Å². The summed E-state index contributed by atoms with van der Waals surface area (Å²) in [6, 6.07) is 0.504.